The van der Waals surface area contributed by atoms with Gasteiger partial charge in [-0.25, -0.2) is 14.4 Å². The molecule has 1 unspecified atom stereocenters. The number of aryl methyl sites for hydroxylation is 1. The zero-order valence-electron chi connectivity index (χ0n) is 7.64. The average Bonchev–Trinajstić information content (AvgIpc) is 2.20. The lowest BCUT2D eigenvalue weighted by Gasteiger charge is -2.06. The highest BCUT2D eigenvalue weighted by atomic mass is 32.2. The summed E-state index contributed by atoms with van der Waals surface area (Å²) in [7, 11) is 0. The van der Waals surface area contributed by atoms with Crippen molar-refractivity contribution in [1.82, 2.24) is 9.97 Å². The lowest BCUT2D eigenvalue weighted by Crippen LogP contribution is -2.15. The number of rotatable bonds is 4. The molecule has 0 saturated heterocycles. The average molecular weight is 218 g/mol. The molecular weight excluding hydrogens is 207 g/mol. The highest BCUT2D eigenvalue weighted by Gasteiger charge is 2.10. The Labute approximate surface area is 85.2 Å². The lowest BCUT2D eigenvalue weighted by molar-refractivity contribution is 0.113. The van der Waals surface area contributed by atoms with Crippen LogP contribution in [0.5, 0.6) is 0 Å². The van der Waals surface area contributed by atoms with E-state index in [1.165, 1.54) is 6.33 Å². The standard InChI is InChI=1S/C8H11FN2O2S/c1-5-7(9)8(11-4-10-5)14-3-6(13)2-12/h4,6,12-13H,2-3H2,1H3. The van der Waals surface area contributed by atoms with Crippen molar-refractivity contribution < 1.29 is 14.6 Å². The van der Waals surface area contributed by atoms with Crippen molar-refractivity contribution in [2.75, 3.05) is 12.4 Å². The van der Waals surface area contributed by atoms with Crippen LogP contribution in [0.2, 0.25) is 0 Å². The predicted molar refractivity (Wildman–Crippen MR) is 50.5 cm³/mol. The summed E-state index contributed by atoms with van der Waals surface area (Å²) in [5.74, 6) is -0.258. The van der Waals surface area contributed by atoms with Gasteiger partial charge in [0.25, 0.3) is 0 Å². The van der Waals surface area contributed by atoms with Gasteiger partial charge in [-0.3, -0.25) is 0 Å². The largest absolute Gasteiger partial charge is 0.394 e. The number of aliphatic hydroxyl groups excluding tert-OH is 2. The second-order valence-electron chi connectivity index (χ2n) is 2.73. The van der Waals surface area contributed by atoms with Gasteiger partial charge in [0, 0.05) is 5.75 Å². The van der Waals surface area contributed by atoms with Crippen LogP contribution in [0.15, 0.2) is 11.4 Å². The molecule has 1 rings (SSSR count). The van der Waals surface area contributed by atoms with Gasteiger partial charge >= 0.3 is 0 Å². The first-order chi connectivity index (χ1) is 6.65. The molecule has 0 aliphatic carbocycles. The molecule has 78 valence electrons. The number of nitrogens with zero attached hydrogens (tertiary/aromatic N) is 2. The first kappa shape index (κ1) is 11.4. The second kappa shape index (κ2) is 5.23. The molecule has 0 radical (unpaired) electrons. The first-order valence-corrected chi connectivity index (χ1v) is 5.02. The normalized spacial score (nSPS) is 12.9. The fraction of sp³-hybridized carbons (Fsp3) is 0.500. The van der Waals surface area contributed by atoms with E-state index in [1.807, 2.05) is 0 Å². The number of thioether (sulfide) groups is 1. The van der Waals surface area contributed by atoms with Gasteiger partial charge in [0.2, 0.25) is 0 Å². The molecule has 6 heteroatoms. The SMILES string of the molecule is Cc1ncnc(SCC(O)CO)c1F. The summed E-state index contributed by atoms with van der Waals surface area (Å²) < 4.78 is 13.3. The van der Waals surface area contributed by atoms with Crippen molar-refractivity contribution in [3.8, 4) is 0 Å². The minimum atomic E-state index is -0.852. The maximum Gasteiger partial charge on any atom is 0.176 e. The van der Waals surface area contributed by atoms with E-state index in [-0.39, 0.29) is 23.1 Å². The number of aliphatic hydroxyl groups is 2. The molecule has 0 aliphatic heterocycles. The maximum absolute atomic E-state index is 13.3. The fourth-order valence-electron chi connectivity index (χ4n) is 0.764. The van der Waals surface area contributed by atoms with Gasteiger partial charge < -0.3 is 10.2 Å². The molecule has 1 heterocycles. The van der Waals surface area contributed by atoms with Gasteiger partial charge in [-0.1, -0.05) is 0 Å². The maximum atomic E-state index is 13.3. The number of aromatic nitrogens is 2. The van der Waals surface area contributed by atoms with Crippen LogP contribution < -0.4 is 0 Å². The first-order valence-electron chi connectivity index (χ1n) is 4.04. The molecule has 0 aromatic carbocycles. The van der Waals surface area contributed by atoms with E-state index in [4.69, 9.17) is 10.2 Å². The number of halogens is 1. The van der Waals surface area contributed by atoms with Crippen LogP contribution in [0.4, 0.5) is 4.39 Å². The summed E-state index contributed by atoms with van der Waals surface area (Å²) in [6.07, 6.45) is 0.418. The van der Waals surface area contributed by atoms with E-state index in [1.54, 1.807) is 6.92 Å². The smallest absolute Gasteiger partial charge is 0.176 e. The quantitative estimate of drug-likeness (QED) is 0.564. The summed E-state index contributed by atoms with van der Waals surface area (Å²) >= 11 is 1.06. The molecule has 4 nitrogen and oxygen atoms in total. The van der Waals surface area contributed by atoms with Gasteiger partial charge in [-0.2, -0.15) is 0 Å². The van der Waals surface area contributed by atoms with E-state index >= 15 is 0 Å². The highest BCUT2D eigenvalue weighted by molar-refractivity contribution is 7.99. The van der Waals surface area contributed by atoms with Gasteiger partial charge in [0.05, 0.1) is 18.4 Å². The van der Waals surface area contributed by atoms with Gasteiger partial charge in [0.15, 0.2) is 5.82 Å². The number of hydrogen-bond acceptors (Lipinski definition) is 5. The fourth-order valence-corrected chi connectivity index (χ4v) is 1.62. The van der Waals surface area contributed by atoms with Crippen molar-refractivity contribution >= 4 is 11.8 Å². The van der Waals surface area contributed by atoms with Crippen LogP contribution in [0.3, 0.4) is 0 Å². The molecule has 1 aromatic rings. The summed E-state index contributed by atoms with van der Waals surface area (Å²) in [4.78, 5) is 7.40. The van der Waals surface area contributed by atoms with Crippen molar-refractivity contribution in [1.29, 1.82) is 0 Å². The van der Waals surface area contributed by atoms with Gasteiger partial charge in [-0.05, 0) is 6.92 Å². The summed E-state index contributed by atoms with van der Waals surface area (Å²) in [5, 5.41) is 17.8. The van der Waals surface area contributed by atoms with Crippen LogP contribution in [0.25, 0.3) is 0 Å². The Kier molecular flexibility index (Phi) is 4.24. The summed E-state index contributed by atoms with van der Waals surface area (Å²) in [6.45, 7) is 1.21. The van der Waals surface area contributed by atoms with E-state index in [9.17, 15) is 4.39 Å². The molecule has 0 spiro atoms. The van der Waals surface area contributed by atoms with E-state index in [0.717, 1.165) is 11.8 Å². The van der Waals surface area contributed by atoms with Crippen LogP contribution in [-0.2, 0) is 0 Å². The lowest BCUT2D eigenvalue weighted by atomic mass is 10.4. The third-order valence-corrected chi connectivity index (χ3v) is 2.66. The topological polar surface area (TPSA) is 66.2 Å². The molecule has 1 aromatic heterocycles. The molecule has 2 N–H and O–H groups in total. The van der Waals surface area contributed by atoms with Crippen molar-refractivity contribution in [3.05, 3.63) is 17.8 Å². The minimum Gasteiger partial charge on any atom is -0.394 e. The summed E-state index contributed by atoms with van der Waals surface area (Å²) in [5.41, 5.74) is 0.279. The highest BCUT2D eigenvalue weighted by Crippen LogP contribution is 2.20. The van der Waals surface area contributed by atoms with E-state index in [2.05, 4.69) is 9.97 Å². The third-order valence-electron chi connectivity index (χ3n) is 1.55. The molecule has 1 atom stereocenters. The molecular formula is C8H11FN2O2S. The van der Waals surface area contributed by atoms with Gasteiger partial charge in [0.1, 0.15) is 11.4 Å². The van der Waals surface area contributed by atoms with Crippen LogP contribution in [-0.4, -0.2) is 38.6 Å². The zero-order valence-corrected chi connectivity index (χ0v) is 8.46. The van der Waals surface area contributed by atoms with E-state index < -0.39 is 11.9 Å². The minimum absolute atomic E-state index is 0.199. The Morgan fingerprint density at radius 2 is 2.29 bits per heavy atom. The van der Waals surface area contributed by atoms with Crippen LogP contribution >= 0.6 is 11.8 Å². The zero-order chi connectivity index (χ0) is 10.6. The molecule has 0 fully saturated rings. The Balaban J connectivity index is 2.63. The van der Waals surface area contributed by atoms with Crippen LogP contribution in [0.1, 0.15) is 5.69 Å². The van der Waals surface area contributed by atoms with Crippen molar-refractivity contribution in [2.45, 2.75) is 18.1 Å². The molecule has 14 heavy (non-hydrogen) atoms. The molecule has 0 amide bonds. The number of hydrogen-bond donors (Lipinski definition) is 2. The predicted octanol–water partition coefficient (Wildman–Crippen LogP) is 0.369. The third kappa shape index (κ3) is 2.90. The van der Waals surface area contributed by atoms with Crippen LogP contribution in [0, 0.1) is 12.7 Å². The monoisotopic (exact) mass is 218 g/mol. The molecule has 0 saturated carbocycles. The van der Waals surface area contributed by atoms with Crippen molar-refractivity contribution in [2.24, 2.45) is 0 Å². The Hall–Kier alpha value is -0.720. The Morgan fingerprint density at radius 3 is 2.93 bits per heavy atom. The Bertz CT molecular complexity index is 311. The Morgan fingerprint density at radius 1 is 1.57 bits per heavy atom. The summed E-state index contributed by atoms with van der Waals surface area (Å²) in [6, 6.07) is 0. The molecule has 0 aliphatic rings. The molecule has 0 bridgehead atoms. The van der Waals surface area contributed by atoms with E-state index in [0.29, 0.717) is 0 Å². The van der Waals surface area contributed by atoms with Gasteiger partial charge in [-0.15, -0.1) is 11.8 Å². The second-order valence-corrected chi connectivity index (χ2v) is 3.73. The van der Waals surface area contributed by atoms with Crippen molar-refractivity contribution in [3.63, 3.8) is 0 Å².